The predicted molar refractivity (Wildman–Crippen MR) is 264 cm³/mol. The first-order valence-electron chi connectivity index (χ1n) is 25.5. The number of hydrogen-bond acceptors (Lipinski definition) is 4. The zero-order valence-corrected chi connectivity index (χ0v) is 41.1. The largest absolute Gasteiger partial charge is 0.240 e. The van der Waals surface area contributed by atoms with Crippen molar-refractivity contribution in [2.24, 2.45) is 9.98 Å². The molecule has 0 fully saturated rings. The molecule has 0 saturated carbocycles. The number of benzene rings is 2. The lowest BCUT2D eigenvalue weighted by molar-refractivity contribution is 0.529. The van der Waals surface area contributed by atoms with Crippen LogP contribution in [0.15, 0.2) is 34.3 Å². The summed E-state index contributed by atoms with van der Waals surface area (Å²) in [5, 5.41) is 0. The van der Waals surface area contributed by atoms with Crippen LogP contribution in [-0.2, 0) is 22.4 Å². The molecule has 0 aliphatic rings. The second-order valence-electron chi connectivity index (χ2n) is 19.3. The summed E-state index contributed by atoms with van der Waals surface area (Å²) in [5.74, 6) is 1.45. The third-order valence-electron chi connectivity index (χ3n) is 12.4. The molecule has 0 radical (unpaired) electrons. The van der Waals surface area contributed by atoms with Crippen molar-refractivity contribution < 1.29 is 9.59 Å². The number of isocyanates is 2. The molecule has 340 valence electrons. The van der Waals surface area contributed by atoms with E-state index in [-0.39, 0.29) is 0 Å². The highest BCUT2D eigenvalue weighted by Gasteiger charge is 2.17. The van der Waals surface area contributed by atoms with Crippen LogP contribution in [0.2, 0.25) is 0 Å². The summed E-state index contributed by atoms with van der Waals surface area (Å²) in [7, 11) is 0. The number of aliphatic imine (C=N–C) groups is 2. The zero-order chi connectivity index (χ0) is 44.4. The molecule has 0 bridgehead atoms. The highest BCUT2D eigenvalue weighted by molar-refractivity contribution is 5.63. The molecule has 0 spiro atoms. The van der Waals surface area contributed by atoms with E-state index in [0.29, 0.717) is 23.7 Å². The Labute approximate surface area is 372 Å². The third-order valence-corrected chi connectivity index (χ3v) is 12.4. The Bertz CT molecular complexity index is 1420. The molecule has 60 heavy (non-hydrogen) atoms. The first kappa shape index (κ1) is 55.2. The topological polar surface area (TPSA) is 58.9 Å². The van der Waals surface area contributed by atoms with E-state index >= 15 is 0 Å². The molecule has 4 heteroatoms. The SMILES string of the molecule is CCCCCCCCCCCCCCCCCCc1cc(C(C)C)c(N=C=O)c(C(C)C)c1.CCCCCCCCCCCCc1cc(C(C)C)c(N=C=O)c(C(C)C)c1. The number of rotatable bonds is 34. The number of carbonyl (C=O) groups excluding carboxylic acids is 2. The van der Waals surface area contributed by atoms with E-state index in [1.165, 1.54) is 200 Å². The average Bonchev–Trinajstić information content (AvgIpc) is 3.22. The lowest BCUT2D eigenvalue weighted by Crippen LogP contribution is -1.99. The van der Waals surface area contributed by atoms with Crippen molar-refractivity contribution in [1.82, 2.24) is 0 Å². The highest BCUT2D eigenvalue weighted by atomic mass is 16.1. The minimum Gasteiger partial charge on any atom is -0.211 e. The van der Waals surface area contributed by atoms with Crippen LogP contribution < -0.4 is 0 Å². The average molecular weight is 827 g/mol. The van der Waals surface area contributed by atoms with Gasteiger partial charge in [0.1, 0.15) is 0 Å². The van der Waals surface area contributed by atoms with Crippen LogP contribution in [0.25, 0.3) is 0 Å². The van der Waals surface area contributed by atoms with Crippen LogP contribution in [0.1, 0.15) is 293 Å². The minimum absolute atomic E-state index is 0.361. The van der Waals surface area contributed by atoms with Gasteiger partial charge in [0, 0.05) is 0 Å². The Hall–Kier alpha value is -2.80. The molecule has 0 N–H and O–H groups in total. The fourth-order valence-electron chi connectivity index (χ4n) is 8.58. The maximum Gasteiger partial charge on any atom is 0.240 e. The van der Waals surface area contributed by atoms with Gasteiger partial charge in [-0.3, -0.25) is 0 Å². The van der Waals surface area contributed by atoms with E-state index in [4.69, 9.17) is 0 Å². The Morgan fingerprint density at radius 2 is 0.550 bits per heavy atom. The second-order valence-corrected chi connectivity index (χ2v) is 19.3. The van der Waals surface area contributed by atoms with Crippen molar-refractivity contribution in [3.05, 3.63) is 57.6 Å². The third kappa shape index (κ3) is 24.6. The van der Waals surface area contributed by atoms with Crippen molar-refractivity contribution >= 4 is 23.5 Å². The quantitative estimate of drug-likeness (QED) is 0.0401. The molecule has 0 saturated heterocycles. The number of unbranched alkanes of at least 4 members (excludes halogenated alkanes) is 24. The second kappa shape index (κ2) is 35.8. The maximum atomic E-state index is 11.0. The smallest absolute Gasteiger partial charge is 0.211 e. The van der Waals surface area contributed by atoms with Crippen molar-refractivity contribution in [2.45, 2.75) is 273 Å². The van der Waals surface area contributed by atoms with E-state index in [0.717, 1.165) is 24.2 Å². The molecule has 0 aliphatic heterocycles. The summed E-state index contributed by atoms with van der Waals surface area (Å²) in [6.07, 6.45) is 41.9. The standard InChI is InChI=1S/C31H53NO.C25H41NO/c1-6-7-8-9-10-11-12-13-14-15-16-17-18-19-20-21-22-28-23-29(26(2)3)31(32-25-33)30(24-28)27(4)5;1-6-7-8-9-10-11-12-13-14-15-16-22-17-23(20(2)3)25(26-19-27)24(18-22)21(4)5/h23-24,26-27H,6-22H2,1-5H3;17-18,20-21H,6-16H2,1-5H3. The molecule has 0 amide bonds. The van der Waals surface area contributed by atoms with Gasteiger partial charge in [0.05, 0.1) is 11.4 Å². The lowest BCUT2D eigenvalue weighted by atomic mass is 9.89. The van der Waals surface area contributed by atoms with Gasteiger partial charge in [0.15, 0.2) is 0 Å². The van der Waals surface area contributed by atoms with Crippen LogP contribution in [-0.4, -0.2) is 12.2 Å². The molecule has 0 unspecified atom stereocenters. The minimum atomic E-state index is 0.361. The van der Waals surface area contributed by atoms with Crippen LogP contribution in [0, 0.1) is 0 Å². The summed E-state index contributed by atoms with van der Waals surface area (Å²) in [6, 6.07) is 9.08. The lowest BCUT2D eigenvalue weighted by Gasteiger charge is -2.18. The Morgan fingerprint density at radius 3 is 0.733 bits per heavy atom. The number of aryl methyl sites for hydroxylation is 2. The number of nitrogens with zero attached hydrogens (tertiary/aromatic N) is 2. The fraction of sp³-hybridized carbons (Fsp3) is 0.750. The van der Waals surface area contributed by atoms with Gasteiger partial charge in [-0.25, -0.2) is 9.59 Å². The Kier molecular flexibility index (Phi) is 32.9. The van der Waals surface area contributed by atoms with Crippen molar-refractivity contribution in [3.63, 3.8) is 0 Å². The van der Waals surface area contributed by atoms with Gasteiger partial charge in [0.2, 0.25) is 12.2 Å². The van der Waals surface area contributed by atoms with Gasteiger partial charge in [-0.1, -0.05) is 248 Å². The summed E-state index contributed by atoms with van der Waals surface area (Å²) in [6.45, 7) is 22.0. The highest BCUT2D eigenvalue weighted by Crippen LogP contribution is 2.37. The Morgan fingerprint density at radius 1 is 0.350 bits per heavy atom. The van der Waals surface area contributed by atoms with E-state index in [1.54, 1.807) is 12.2 Å². The van der Waals surface area contributed by atoms with E-state index in [9.17, 15) is 9.59 Å². The van der Waals surface area contributed by atoms with Gasteiger partial charge in [-0.2, -0.15) is 9.98 Å². The van der Waals surface area contributed by atoms with E-state index in [1.807, 2.05) is 0 Å². The van der Waals surface area contributed by atoms with Crippen molar-refractivity contribution in [1.29, 1.82) is 0 Å². The van der Waals surface area contributed by atoms with Crippen LogP contribution in [0.3, 0.4) is 0 Å². The maximum absolute atomic E-state index is 11.0. The number of hydrogen-bond donors (Lipinski definition) is 0. The molecule has 0 atom stereocenters. The van der Waals surface area contributed by atoms with E-state index < -0.39 is 0 Å². The van der Waals surface area contributed by atoms with Gasteiger partial charge in [0.25, 0.3) is 0 Å². The first-order chi connectivity index (χ1) is 29.0. The molecule has 0 aromatic heterocycles. The van der Waals surface area contributed by atoms with Crippen LogP contribution in [0.4, 0.5) is 11.4 Å². The first-order valence-corrected chi connectivity index (χ1v) is 25.5. The molecule has 2 rings (SSSR count). The van der Waals surface area contributed by atoms with Crippen molar-refractivity contribution in [3.8, 4) is 0 Å². The summed E-state index contributed by atoms with van der Waals surface area (Å²) in [4.78, 5) is 29.9. The predicted octanol–water partition coefficient (Wildman–Crippen LogP) is 19.1. The van der Waals surface area contributed by atoms with Crippen LogP contribution >= 0.6 is 0 Å². The summed E-state index contributed by atoms with van der Waals surface area (Å²) < 4.78 is 0. The van der Waals surface area contributed by atoms with Gasteiger partial charge >= 0.3 is 0 Å². The normalized spacial score (nSPS) is 11.3. The molecule has 2 aromatic rings. The van der Waals surface area contributed by atoms with Crippen molar-refractivity contribution in [2.75, 3.05) is 0 Å². The Balaban J connectivity index is 0.000000612. The fourth-order valence-corrected chi connectivity index (χ4v) is 8.58. The monoisotopic (exact) mass is 827 g/mol. The van der Waals surface area contributed by atoms with Crippen LogP contribution in [0.5, 0.6) is 0 Å². The molecular formula is C56H94N2O2. The van der Waals surface area contributed by atoms with Gasteiger partial charge in [-0.15, -0.1) is 0 Å². The molecule has 0 aliphatic carbocycles. The molecular weight excluding hydrogens is 733 g/mol. The molecule has 2 aromatic carbocycles. The molecule has 0 heterocycles. The van der Waals surface area contributed by atoms with E-state index in [2.05, 4.69) is 103 Å². The zero-order valence-electron chi connectivity index (χ0n) is 41.1. The van der Waals surface area contributed by atoms with Gasteiger partial charge < -0.3 is 0 Å². The summed E-state index contributed by atoms with van der Waals surface area (Å²) in [5.41, 5.74) is 9.25. The molecule has 4 nitrogen and oxygen atoms in total. The van der Waals surface area contributed by atoms with Gasteiger partial charge in [-0.05, 0) is 82.7 Å². The summed E-state index contributed by atoms with van der Waals surface area (Å²) >= 11 is 0.